The lowest BCUT2D eigenvalue weighted by molar-refractivity contribution is 0.169. The summed E-state index contributed by atoms with van der Waals surface area (Å²) in [5.74, 6) is 5.94. The van der Waals surface area contributed by atoms with Crippen LogP contribution in [0, 0.1) is 5.92 Å². The van der Waals surface area contributed by atoms with Crippen molar-refractivity contribution in [1.29, 1.82) is 0 Å². The van der Waals surface area contributed by atoms with Gasteiger partial charge in [0.2, 0.25) is 0 Å². The van der Waals surface area contributed by atoms with Gasteiger partial charge in [0, 0.05) is 27.0 Å². The number of hydrogen-bond donors (Lipinski definition) is 2. The first-order chi connectivity index (χ1) is 7.19. The van der Waals surface area contributed by atoms with Gasteiger partial charge in [-0.3, -0.25) is 16.0 Å². The lowest BCUT2D eigenvalue weighted by Gasteiger charge is -2.21. The molecule has 0 bridgehead atoms. The number of aromatic nitrogens is 2. The Morgan fingerprint density at radius 3 is 2.87 bits per heavy atom. The van der Waals surface area contributed by atoms with E-state index in [1.807, 2.05) is 19.3 Å². The average molecular weight is 212 g/mol. The van der Waals surface area contributed by atoms with E-state index in [1.54, 1.807) is 11.8 Å². The molecule has 0 aromatic carbocycles. The van der Waals surface area contributed by atoms with Gasteiger partial charge in [-0.05, 0) is 18.4 Å². The fraction of sp³-hybridized carbons (Fsp3) is 0.700. The molecule has 5 heteroatoms. The monoisotopic (exact) mass is 212 g/mol. The van der Waals surface area contributed by atoms with E-state index in [0.29, 0.717) is 5.92 Å². The zero-order chi connectivity index (χ0) is 11.3. The first kappa shape index (κ1) is 12.2. The van der Waals surface area contributed by atoms with Crippen LogP contribution in [0.4, 0.5) is 0 Å². The molecule has 0 amide bonds. The van der Waals surface area contributed by atoms with Crippen molar-refractivity contribution in [3.63, 3.8) is 0 Å². The Bertz CT molecular complexity index is 287. The fourth-order valence-electron chi connectivity index (χ4n) is 1.61. The van der Waals surface area contributed by atoms with E-state index in [2.05, 4.69) is 17.4 Å². The number of hydrogen-bond acceptors (Lipinski definition) is 4. The van der Waals surface area contributed by atoms with Gasteiger partial charge < -0.3 is 4.74 Å². The second-order valence-electron chi connectivity index (χ2n) is 3.82. The first-order valence-corrected chi connectivity index (χ1v) is 5.13. The van der Waals surface area contributed by atoms with Crippen LogP contribution in [0.2, 0.25) is 0 Å². The fourth-order valence-corrected chi connectivity index (χ4v) is 1.61. The molecule has 0 fully saturated rings. The molecule has 0 aliphatic heterocycles. The summed E-state index contributed by atoms with van der Waals surface area (Å²) in [6, 6.07) is 2.06. The van der Waals surface area contributed by atoms with Crippen molar-refractivity contribution in [3.8, 4) is 0 Å². The summed E-state index contributed by atoms with van der Waals surface area (Å²) < 4.78 is 6.83. The molecule has 1 aromatic rings. The molecular weight excluding hydrogens is 192 g/mol. The van der Waals surface area contributed by atoms with Crippen molar-refractivity contribution in [1.82, 2.24) is 15.2 Å². The van der Waals surface area contributed by atoms with Crippen molar-refractivity contribution >= 4 is 0 Å². The van der Waals surface area contributed by atoms with Crippen LogP contribution in [0.15, 0.2) is 12.3 Å². The Morgan fingerprint density at radius 2 is 2.40 bits per heavy atom. The van der Waals surface area contributed by atoms with E-state index in [9.17, 15) is 0 Å². The van der Waals surface area contributed by atoms with Crippen molar-refractivity contribution in [2.24, 2.45) is 18.8 Å². The predicted octanol–water partition coefficient (Wildman–Crippen LogP) is 0.597. The van der Waals surface area contributed by atoms with Crippen molar-refractivity contribution in [3.05, 3.63) is 18.0 Å². The van der Waals surface area contributed by atoms with Crippen LogP contribution in [0.3, 0.4) is 0 Å². The third-order valence-corrected chi connectivity index (χ3v) is 2.58. The number of ether oxygens (including phenoxy) is 1. The molecule has 0 saturated heterocycles. The van der Waals surface area contributed by atoms with E-state index in [0.717, 1.165) is 18.7 Å². The quantitative estimate of drug-likeness (QED) is 0.535. The number of nitrogens with zero attached hydrogens (tertiary/aromatic N) is 2. The van der Waals surface area contributed by atoms with Gasteiger partial charge in [0.15, 0.2) is 0 Å². The summed E-state index contributed by atoms with van der Waals surface area (Å²) in [5.41, 5.74) is 3.78. The van der Waals surface area contributed by atoms with E-state index >= 15 is 0 Å². The maximum Gasteiger partial charge on any atom is 0.0810 e. The van der Waals surface area contributed by atoms with Crippen molar-refractivity contribution in [2.75, 3.05) is 13.7 Å². The minimum absolute atomic E-state index is 0.0846. The zero-order valence-electron chi connectivity index (χ0n) is 9.60. The predicted molar refractivity (Wildman–Crippen MR) is 58.9 cm³/mol. The average Bonchev–Trinajstić information content (AvgIpc) is 2.63. The highest BCUT2D eigenvalue weighted by atomic mass is 16.5. The molecule has 0 aliphatic rings. The number of nitrogens with one attached hydrogen (secondary N) is 1. The van der Waals surface area contributed by atoms with Gasteiger partial charge in [-0.25, -0.2) is 0 Å². The van der Waals surface area contributed by atoms with Gasteiger partial charge in [0.05, 0.1) is 11.7 Å². The number of hydrazine groups is 1. The van der Waals surface area contributed by atoms with Crippen LogP contribution in [-0.2, 0) is 11.8 Å². The zero-order valence-corrected chi connectivity index (χ0v) is 9.60. The highest BCUT2D eigenvalue weighted by Gasteiger charge is 2.19. The molecule has 0 radical (unpaired) electrons. The van der Waals surface area contributed by atoms with E-state index in [1.165, 1.54) is 0 Å². The van der Waals surface area contributed by atoms with E-state index in [-0.39, 0.29) is 6.04 Å². The molecular formula is C10H20N4O. The highest BCUT2D eigenvalue weighted by Crippen LogP contribution is 2.21. The van der Waals surface area contributed by atoms with E-state index in [4.69, 9.17) is 10.6 Å². The molecule has 0 aliphatic carbocycles. The van der Waals surface area contributed by atoms with Crippen molar-refractivity contribution < 1.29 is 4.74 Å². The molecule has 15 heavy (non-hydrogen) atoms. The molecule has 1 aromatic heterocycles. The van der Waals surface area contributed by atoms with Crippen LogP contribution in [0.5, 0.6) is 0 Å². The molecule has 2 unspecified atom stereocenters. The third-order valence-electron chi connectivity index (χ3n) is 2.58. The summed E-state index contributed by atoms with van der Waals surface area (Å²) in [6.07, 6.45) is 2.88. The summed E-state index contributed by atoms with van der Waals surface area (Å²) in [6.45, 7) is 2.88. The standard InChI is InChI=1S/C10H20N4O/c1-8(5-7-15-3)10(12-11)9-4-6-14(2)13-9/h4,6,8,10,12H,5,7,11H2,1-3H3. The Labute approximate surface area is 90.6 Å². The summed E-state index contributed by atoms with van der Waals surface area (Å²) in [4.78, 5) is 0. The maximum absolute atomic E-state index is 5.55. The highest BCUT2D eigenvalue weighted by molar-refractivity contribution is 5.06. The second-order valence-corrected chi connectivity index (χ2v) is 3.82. The van der Waals surface area contributed by atoms with Gasteiger partial charge in [-0.2, -0.15) is 5.10 Å². The number of rotatable bonds is 6. The Kier molecular flexibility index (Phi) is 4.74. The summed E-state index contributed by atoms with van der Waals surface area (Å²) >= 11 is 0. The maximum atomic E-state index is 5.55. The van der Waals surface area contributed by atoms with Gasteiger partial charge >= 0.3 is 0 Å². The topological polar surface area (TPSA) is 65.1 Å². The smallest absolute Gasteiger partial charge is 0.0810 e. The van der Waals surface area contributed by atoms with Gasteiger partial charge in [0.1, 0.15) is 0 Å². The Hall–Kier alpha value is -0.910. The minimum atomic E-state index is 0.0846. The molecule has 1 heterocycles. The molecule has 3 N–H and O–H groups in total. The third kappa shape index (κ3) is 3.30. The second kappa shape index (κ2) is 5.85. The molecule has 2 atom stereocenters. The number of methoxy groups -OCH3 is 1. The molecule has 0 saturated carbocycles. The molecule has 86 valence electrons. The van der Waals surface area contributed by atoms with Gasteiger partial charge in [0.25, 0.3) is 0 Å². The van der Waals surface area contributed by atoms with Crippen LogP contribution in [0.1, 0.15) is 25.1 Å². The van der Waals surface area contributed by atoms with E-state index < -0.39 is 0 Å². The largest absolute Gasteiger partial charge is 0.385 e. The van der Waals surface area contributed by atoms with Crippen LogP contribution >= 0.6 is 0 Å². The van der Waals surface area contributed by atoms with Crippen LogP contribution in [-0.4, -0.2) is 23.5 Å². The van der Waals surface area contributed by atoms with Gasteiger partial charge in [-0.1, -0.05) is 6.92 Å². The summed E-state index contributed by atoms with van der Waals surface area (Å²) in [5, 5.41) is 4.34. The SMILES string of the molecule is COCCC(C)C(NN)c1ccn(C)n1. The lowest BCUT2D eigenvalue weighted by Crippen LogP contribution is -2.33. The van der Waals surface area contributed by atoms with Gasteiger partial charge in [-0.15, -0.1) is 0 Å². The number of nitrogens with two attached hydrogens (primary N) is 1. The van der Waals surface area contributed by atoms with Crippen LogP contribution < -0.4 is 11.3 Å². The normalized spacial score (nSPS) is 15.2. The Morgan fingerprint density at radius 1 is 1.67 bits per heavy atom. The lowest BCUT2D eigenvalue weighted by atomic mass is 9.97. The Balaban J connectivity index is 2.62. The van der Waals surface area contributed by atoms with Crippen LogP contribution in [0.25, 0.3) is 0 Å². The molecule has 0 spiro atoms. The molecule has 5 nitrogen and oxygen atoms in total. The number of aryl methyl sites for hydroxylation is 1. The first-order valence-electron chi connectivity index (χ1n) is 5.13. The minimum Gasteiger partial charge on any atom is -0.385 e. The summed E-state index contributed by atoms with van der Waals surface area (Å²) in [7, 11) is 3.61. The molecule has 1 rings (SSSR count). The van der Waals surface area contributed by atoms with Crippen molar-refractivity contribution in [2.45, 2.75) is 19.4 Å².